The molecule has 1 unspecified atom stereocenters. The van der Waals surface area contributed by atoms with E-state index in [1.54, 1.807) is 6.07 Å². The second-order valence-electron chi connectivity index (χ2n) is 6.99. The normalized spacial score (nSPS) is 22.0. The van der Waals surface area contributed by atoms with Gasteiger partial charge in [-0.05, 0) is 32.0 Å². The molecule has 2 aliphatic heterocycles. The zero-order chi connectivity index (χ0) is 17.3. The Kier molecular flexibility index (Phi) is 4.13. The first-order chi connectivity index (χ1) is 12.2. The quantitative estimate of drug-likeness (QED) is 0.909. The third-order valence-corrected chi connectivity index (χ3v) is 5.25. The van der Waals surface area contributed by atoms with Crippen LogP contribution in [-0.2, 0) is 0 Å². The minimum atomic E-state index is -0.199. The van der Waals surface area contributed by atoms with Crippen molar-refractivity contribution >= 4 is 5.91 Å². The van der Waals surface area contributed by atoms with Crippen molar-refractivity contribution < 1.29 is 9.53 Å². The third-order valence-electron chi connectivity index (χ3n) is 5.25. The molecule has 2 aliphatic rings. The number of rotatable bonds is 2. The number of carbonyl (C=O) groups excluding carboxylic acids is 1. The Labute approximate surface area is 147 Å². The first kappa shape index (κ1) is 16.0. The highest BCUT2D eigenvalue weighted by Gasteiger charge is 2.43. The summed E-state index contributed by atoms with van der Waals surface area (Å²) in [6.45, 7) is 2.02. The van der Waals surface area contributed by atoms with Gasteiger partial charge in [-0.25, -0.2) is 0 Å². The molecule has 1 spiro atoms. The lowest BCUT2D eigenvalue weighted by Crippen LogP contribution is -2.51. The van der Waals surface area contributed by atoms with Crippen LogP contribution in [0.15, 0.2) is 42.7 Å². The molecule has 6 heteroatoms. The van der Waals surface area contributed by atoms with Gasteiger partial charge in [-0.3, -0.25) is 4.79 Å². The molecule has 0 radical (unpaired) electrons. The first-order valence-corrected chi connectivity index (χ1v) is 8.69. The average Bonchev–Trinajstić information content (AvgIpc) is 2.65. The maximum absolute atomic E-state index is 12.6. The van der Waals surface area contributed by atoms with Gasteiger partial charge in [0.2, 0.25) is 0 Å². The van der Waals surface area contributed by atoms with Gasteiger partial charge < -0.3 is 15.0 Å². The SMILES string of the molecule is CN1CCC2(CC1)CC(NC(=O)c1ccnnc1)c1ccccc1O2. The average molecular weight is 338 g/mol. The highest BCUT2D eigenvalue weighted by atomic mass is 16.5. The lowest BCUT2D eigenvalue weighted by atomic mass is 9.80. The van der Waals surface area contributed by atoms with E-state index in [4.69, 9.17) is 4.74 Å². The van der Waals surface area contributed by atoms with Crippen LogP contribution in [0.5, 0.6) is 5.75 Å². The number of fused-ring (bicyclic) bond motifs is 1. The molecule has 25 heavy (non-hydrogen) atoms. The number of hydrogen-bond donors (Lipinski definition) is 1. The lowest BCUT2D eigenvalue weighted by molar-refractivity contribution is -0.0195. The zero-order valence-corrected chi connectivity index (χ0v) is 14.3. The third kappa shape index (κ3) is 3.22. The van der Waals surface area contributed by atoms with E-state index in [0.717, 1.165) is 43.7 Å². The van der Waals surface area contributed by atoms with Gasteiger partial charge in [-0.1, -0.05) is 18.2 Å². The maximum Gasteiger partial charge on any atom is 0.253 e. The van der Waals surface area contributed by atoms with Gasteiger partial charge in [0.15, 0.2) is 0 Å². The Morgan fingerprint density at radius 3 is 2.80 bits per heavy atom. The van der Waals surface area contributed by atoms with Crippen LogP contribution >= 0.6 is 0 Å². The Morgan fingerprint density at radius 1 is 1.24 bits per heavy atom. The molecule has 1 fully saturated rings. The van der Waals surface area contributed by atoms with Crippen molar-refractivity contribution in [1.82, 2.24) is 20.4 Å². The molecule has 6 nitrogen and oxygen atoms in total. The van der Waals surface area contributed by atoms with Crippen molar-refractivity contribution in [2.24, 2.45) is 0 Å². The summed E-state index contributed by atoms with van der Waals surface area (Å²) in [7, 11) is 2.14. The fraction of sp³-hybridized carbons (Fsp3) is 0.421. The Hall–Kier alpha value is -2.47. The van der Waals surface area contributed by atoms with Crippen LogP contribution in [0.1, 0.15) is 41.2 Å². The Bertz CT molecular complexity index is 757. The lowest BCUT2D eigenvalue weighted by Gasteiger charge is -2.46. The molecule has 1 aromatic heterocycles. The Morgan fingerprint density at radius 2 is 2.04 bits per heavy atom. The van der Waals surface area contributed by atoms with Crippen molar-refractivity contribution in [3.8, 4) is 5.75 Å². The number of likely N-dealkylation sites (tertiary alicyclic amines) is 1. The molecule has 1 atom stereocenters. The van der Waals surface area contributed by atoms with Crippen molar-refractivity contribution in [3.63, 3.8) is 0 Å². The van der Waals surface area contributed by atoms with E-state index in [9.17, 15) is 4.79 Å². The minimum Gasteiger partial charge on any atom is -0.487 e. The number of nitrogens with zero attached hydrogens (tertiary/aromatic N) is 3. The smallest absolute Gasteiger partial charge is 0.253 e. The highest BCUT2D eigenvalue weighted by Crippen LogP contribution is 2.44. The molecular weight excluding hydrogens is 316 g/mol. The largest absolute Gasteiger partial charge is 0.487 e. The number of aromatic nitrogens is 2. The molecule has 1 N–H and O–H groups in total. The van der Waals surface area contributed by atoms with E-state index in [2.05, 4.69) is 27.5 Å². The van der Waals surface area contributed by atoms with Gasteiger partial charge in [-0.2, -0.15) is 10.2 Å². The summed E-state index contributed by atoms with van der Waals surface area (Å²) in [5.41, 5.74) is 1.37. The van der Waals surface area contributed by atoms with Crippen LogP contribution in [0.2, 0.25) is 0 Å². The summed E-state index contributed by atoms with van der Waals surface area (Å²) in [6.07, 6.45) is 5.77. The fourth-order valence-electron chi connectivity index (χ4n) is 3.75. The van der Waals surface area contributed by atoms with E-state index in [-0.39, 0.29) is 17.6 Å². The van der Waals surface area contributed by atoms with Crippen LogP contribution < -0.4 is 10.1 Å². The predicted octanol–water partition coefficient (Wildman–Crippen LogP) is 2.19. The van der Waals surface area contributed by atoms with Gasteiger partial charge in [-0.15, -0.1) is 0 Å². The number of nitrogens with one attached hydrogen (secondary N) is 1. The van der Waals surface area contributed by atoms with Crippen molar-refractivity contribution in [2.75, 3.05) is 20.1 Å². The predicted molar refractivity (Wildman–Crippen MR) is 93.4 cm³/mol. The topological polar surface area (TPSA) is 67.4 Å². The van der Waals surface area contributed by atoms with Gasteiger partial charge in [0.05, 0.1) is 24.0 Å². The molecule has 1 saturated heterocycles. The molecule has 1 aromatic carbocycles. The second-order valence-corrected chi connectivity index (χ2v) is 6.99. The number of benzene rings is 1. The van der Waals surface area contributed by atoms with Crippen LogP contribution in [0.4, 0.5) is 0 Å². The van der Waals surface area contributed by atoms with E-state index >= 15 is 0 Å². The molecule has 130 valence electrons. The van der Waals surface area contributed by atoms with Crippen molar-refractivity contribution in [1.29, 1.82) is 0 Å². The van der Waals surface area contributed by atoms with Crippen molar-refractivity contribution in [2.45, 2.75) is 30.9 Å². The van der Waals surface area contributed by atoms with Gasteiger partial charge in [0, 0.05) is 25.1 Å². The summed E-state index contributed by atoms with van der Waals surface area (Å²) in [6, 6.07) is 9.63. The Balaban J connectivity index is 1.60. The molecule has 2 aromatic rings. The number of piperidine rings is 1. The summed E-state index contributed by atoms with van der Waals surface area (Å²) in [5, 5.41) is 10.7. The molecule has 0 aliphatic carbocycles. The summed E-state index contributed by atoms with van der Waals surface area (Å²) >= 11 is 0. The van der Waals surface area contributed by atoms with Gasteiger partial charge in [0.1, 0.15) is 11.4 Å². The number of carbonyl (C=O) groups is 1. The molecular formula is C19H22N4O2. The summed E-state index contributed by atoms with van der Waals surface area (Å²) in [5.74, 6) is 0.760. The molecule has 4 rings (SSSR count). The second kappa shape index (κ2) is 6.44. The van der Waals surface area contributed by atoms with Crippen LogP contribution in [0, 0.1) is 0 Å². The number of ether oxygens (including phenoxy) is 1. The molecule has 3 heterocycles. The van der Waals surface area contributed by atoms with E-state index in [1.165, 1.54) is 12.4 Å². The van der Waals surface area contributed by atoms with Crippen LogP contribution in [0.25, 0.3) is 0 Å². The number of amides is 1. The maximum atomic E-state index is 12.6. The number of hydrogen-bond acceptors (Lipinski definition) is 5. The van der Waals surface area contributed by atoms with Crippen LogP contribution in [0.3, 0.4) is 0 Å². The van der Waals surface area contributed by atoms with E-state index in [1.807, 2.05) is 24.3 Å². The standard InChI is InChI=1S/C19H22N4O2/c1-23-10-7-19(8-11-23)12-16(15-4-2-3-5-17(15)25-19)22-18(24)14-6-9-20-21-13-14/h2-6,9,13,16H,7-8,10-12H2,1H3,(H,22,24). The zero-order valence-electron chi connectivity index (χ0n) is 14.3. The monoisotopic (exact) mass is 338 g/mol. The van der Waals surface area contributed by atoms with Crippen LogP contribution in [-0.4, -0.2) is 46.7 Å². The van der Waals surface area contributed by atoms with Crippen molar-refractivity contribution in [3.05, 3.63) is 53.9 Å². The molecule has 1 amide bonds. The van der Waals surface area contributed by atoms with Gasteiger partial charge in [0.25, 0.3) is 5.91 Å². The highest BCUT2D eigenvalue weighted by molar-refractivity contribution is 5.94. The first-order valence-electron chi connectivity index (χ1n) is 8.69. The van der Waals surface area contributed by atoms with Gasteiger partial charge >= 0.3 is 0 Å². The van der Waals surface area contributed by atoms with E-state index in [0.29, 0.717) is 5.56 Å². The summed E-state index contributed by atoms with van der Waals surface area (Å²) in [4.78, 5) is 14.9. The number of para-hydroxylation sites is 1. The summed E-state index contributed by atoms with van der Waals surface area (Å²) < 4.78 is 6.43. The minimum absolute atomic E-state index is 0.0611. The fourth-order valence-corrected chi connectivity index (χ4v) is 3.75. The van der Waals surface area contributed by atoms with E-state index < -0.39 is 0 Å². The molecule has 0 saturated carbocycles. The molecule has 0 bridgehead atoms.